The van der Waals surface area contributed by atoms with Crippen LogP contribution < -0.4 is 10.0 Å². The molecular weight excluding hydrogens is 375 g/mol. The summed E-state index contributed by atoms with van der Waals surface area (Å²) in [6.45, 7) is 3.76. The van der Waals surface area contributed by atoms with E-state index in [1.165, 1.54) is 18.3 Å². The fourth-order valence-electron chi connectivity index (χ4n) is 2.52. The van der Waals surface area contributed by atoms with Crippen LogP contribution in [-0.4, -0.2) is 42.8 Å². The van der Waals surface area contributed by atoms with Gasteiger partial charge in [-0.1, -0.05) is 13.8 Å². The molecule has 0 saturated heterocycles. The van der Waals surface area contributed by atoms with Gasteiger partial charge in [0.25, 0.3) is 5.91 Å². The molecule has 1 aromatic heterocycles. The smallest absolute Gasteiger partial charge is 0.254 e. The van der Waals surface area contributed by atoms with E-state index in [0.717, 1.165) is 6.26 Å². The number of aromatic nitrogens is 2. The third kappa shape index (κ3) is 5.61. The van der Waals surface area contributed by atoms with Crippen molar-refractivity contribution in [2.24, 2.45) is 0 Å². The molecule has 27 heavy (non-hydrogen) atoms. The summed E-state index contributed by atoms with van der Waals surface area (Å²) in [6, 6.07) is 5.74. The summed E-state index contributed by atoms with van der Waals surface area (Å²) in [4.78, 5) is 23.9. The molecule has 0 bridgehead atoms. The van der Waals surface area contributed by atoms with Crippen LogP contribution in [0.25, 0.3) is 5.69 Å². The summed E-state index contributed by atoms with van der Waals surface area (Å²) in [7, 11) is -3.63. The van der Waals surface area contributed by atoms with Crippen LogP contribution in [0.1, 0.15) is 42.2 Å². The second-order valence-corrected chi connectivity index (χ2v) is 8.04. The molecule has 2 aromatic rings. The number of carbonyl (C=O) groups is 2. The van der Waals surface area contributed by atoms with Crippen LogP contribution in [-0.2, 0) is 14.8 Å². The maximum Gasteiger partial charge on any atom is 0.254 e. The van der Waals surface area contributed by atoms with Gasteiger partial charge < -0.3 is 5.32 Å². The second-order valence-electron chi connectivity index (χ2n) is 6.29. The number of nitrogens with zero attached hydrogens (tertiary/aromatic N) is 2. The van der Waals surface area contributed by atoms with Gasteiger partial charge in [0.05, 0.1) is 29.4 Å². The van der Waals surface area contributed by atoms with Crippen molar-refractivity contribution in [2.45, 2.75) is 26.2 Å². The van der Waals surface area contributed by atoms with Gasteiger partial charge in [-0.05, 0) is 30.2 Å². The molecule has 146 valence electrons. The van der Waals surface area contributed by atoms with Gasteiger partial charge in [0.2, 0.25) is 15.9 Å². The first-order valence-corrected chi connectivity index (χ1v) is 10.1. The first-order chi connectivity index (χ1) is 12.6. The summed E-state index contributed by atoms with van der Waals surface area (Å²) < 4.78 is 38.5. The number of hydrogen-bond donors (Lipinski definition) is 2. The first kappa shape index (κ1) is 20.6. The van der Waals surface area contributed by atoms with Crippen LogP contribution in [0.15, 0.2) is 30.5 Å². The number of sulfonamides is 1. The van der Waals surface area contributed by atoms with Gasteiger partial charge in [-0.25, -0.2) is 17.5 Å². The van der Waals surface area contributed by atoms with Gasteiger partial charge in [-0.3, -0.25) is 14.3 Å². The number of nitrogens with one attached hydrogen (secondary N) is 2. The highest BCUT2D eigenvalue weighted by Crippen LogP contribution is 2.23. The zero-order valence-corrected chi connectivity index (χ0v) is 16.0. The molecule has 2 amide bonds. The second kappa shape index (κ2) is 8.30. The summed E-state index contributed by atoms with van der Waals surface area (Å²) in [5.74, 6) is -1.56. The van der Waals surface area contributed by atoms with E-state index in [2.05, 4.69) is 10.4 Å². The van der Waals surface area contributed by atoms with Gasteiger partial charge >= 0.3 is 0 Å². The Morgan fingerprint density at radius 2 is 1.85 bits per heavy atom. The zero-order chi connectivity index (χ0) is 20.2. The number of rotatable bonds is 7. The molecule has 1 aromatic carbocycles. The minimum Gasteiger partial charge on any atom is -0.351 e. The van der Waals surface area contributed by atoms with E-state index >= 15 is 0 Å². The molecule has 2 N–H and O–H groups in total. The van der Waals surface area contributed by atoms with Crippen LogP contribution in [0.2, 0.25) is 0 Å². The Kier molecular flexibility index (Phi) is 6.32. The highest BCUT2D eigenvalue weighted by Gasteiger charge is 2.21. The van der Waals surface area contributed by atoms with Gasteiger partial charge in [-0.2, -0.15) is 5.10 Å². The van der Waals surface area contributed by atoms with Gasteiger partial charge in [0.1, 0.15) is 5.82 Å². The van der Waals surface area contributed by atoms with E-state index < -0.39 is 21.8 Å². The molecule has 0 atom stereocenters. The molecule has 0 saturated carbocycles. The van der Waals surface area contributed by atoms with Crippen LogP contribution in [0, 0.1) is 5.82 Å². The van der Waals surface area contributed by atoms with Gasteiger partial charge in [0.15, 0.2) is 0 Å². The van der Waals surface area contributed by atoms with Crippen molar-refractivity contribution in [1.29, 1.82) is 0 Å². The minimum absolute atomic E-state index is 0.0283. The molecule has 10 heteroatoms. The number of halogens is 1. The molecule has 0 fully saturated rings. The number of carbonyl (C=O) groups excluding carboxylic acids is 2. The number of benzene rings is 1. The predicted molar refractivity (Wildman–Crippen MR) is 97.5 cm³/mol. The quantitative estimate of drug-likeness (QED) is 0.734. The Morgan fingerprint density at radius 1 is 1.22 bits per heavy atom. The molecule has 0 aliphatic carbocycles. The van der Waals surface area contributed by atoms with E-state index in [1.807, 2.05) is 18.6 Å². The fraction of sp³-hybridized carbons (Fsp3) is 0.353. The van der Waals surface area contributed by atoms with Crippen molar-refractivity contribution in [3.8, 4) is 5.69 Å². The largest absolute Gasteiger partial charge is 0.351 e. The molecule has 1 heterocycles. The van der Waals surface area contributed by atoms with Crippen LogP contribution >= 0.6 is 0 Å². The number of amides is 2. The highest BCUT2D eigenvalue weighted by atomic mass is 32.2. The molecule has 8 nitrogen and oxygen atoms in total. The number of hydrogen-bond acceptors (Lipinski definition) is 5. The van der Waals surface area contributed by atoms with E-state index in [0.29, 0.717) is 16.9 Å². The van der Waals surface area contributed by atoms with Gasteiger partial charge in [0, 0.05) is 13.0 Å². The van der Waals surface area contributed by atoms with Crippen molar-refractivity contribution >= 4 is 21.8 Å². The summed E-state index contributed by atoms with van der Waals surface area (Å²) >= 11 is 0. The fourth-order valence-corrected chi connectivity index (χ4v) is 3.03. The third-order valence-electron chi connectivity index (χ3n) is 3.61. The van der Waals surface area contributed by atoms with Crippen molar-refractivity contribution in [3.05, 3.63) is 47.5 Å². The Hall–Kier alpha value is -2.75. The summed E-state index contributed by atoms with van der Waals surface area (Å²) in [6.07, 6.45) is 2.11. The van der Waals surface area contributed by atoms with Crippen molar-refractivity contribution in [1.82, 2.24) is 19.8 Å². The lowest BCUT2D eigenvalue weighted by Crippen LogP contribution is -2.33. The van der Waals surface area contributed by atoms with Crippen molar-refractivity contribution < 1.29 is 22.4 Å². The minimum atomic E-state index is -3.63. The van der Waals surface area contributed by atoms with Crippen LogP contribution in [0.3, 0.4) is 0 Å². The Balaban J connectivity index is 2.12. The molecule has 0 unspecified atom stereocenters. The zero-order valence-electron chi connectivity index (χ0n) is 15.2. The average molecular weight is 396 g/mol. The topological polar surface area (TPSA) is 110 Å². The summed E-state index contributed by atoms with van der Waals surface area (Å²) in [5.41, 5.74) is 1.59. The highest BCUT2D eigenvalue weighted by molar-refractivity contribution is 7.89. The summed E-state index contributed by atoms with van der Waals surface area (Å²) in [5, 5.41) is 6.80. The molecule has 0 aliphatic heterocycles. The van der Waals surface area contributed by atoms with E-state index in [4.69, 9.17) is 0 Å². The van der Waals surface area contributed by atoms with Crippen molar-refractivity contribution in [3.63, 3.8) is 0 Å². The van der Waals surface area contributed by atoms with E-state index in [9.17, 15) is 22.4 Å². The molecule has 2 rings (SSSR count). The molecule has 0 aliphatic rings. The maximum absolute atomic E-state index is 13.1. The Bertz CT molecular complexity index is 936. The van der Waals surface area contributed by atoms with Crippen molar-refractivity contribution in [2.75, 3.05) is 12.8 Å². The monoisotopic (exact) mass is 396 g/mol. The standard InChI is InChI=1S/C17H21FN4O4S/c1-11(2)16-14(10-20-22(16)13-6-4-12(18)5-7-13)17(24)19-9-8-15(23)21-27(3,25)26/h4-7,10-11H,8-9H2,1-3H3,(H,19,24)(H,21,23). The third-order valence-corrected chi connectivity index (χ3v) is 4.20. The SMILES string of the molecule is CC(C)c1c(C(=O)NCCC(=O)NS(C)(=O)=O)cnn1-c1ccc(F)cc1. The molecule has 0 radical (unpaired) electrons. The van der Waals surface area contributed by atoms with Crippen LogP contribution in [0.5, 0.6) is 0 Å². The average Bonchev–Trinajstić information content (AvgIpc) is 2.99. The molecule has 0 spiro atoms. The van der Waals surface area contributed by atoms with E-state index in [1.54, 1.807) is 16.8 Å². The normalized spacial score (nSPS) is 11.4. The van der Waals surface area contributed by atoms with Crippen LogP contribution in [0.4, 0.5) is 4.39 Å². The lowest BCUT2D eigenvalue weighted by atomic mass is 10.0. The van der Waals surface area contributed by atoms with Gasteiger partial charge in [-0.15, -0.1) is 0 Å². The first-order valence-electron chi connectivity index (χ1n) is 8.21. The lowest BCUT2D eigenvalue weighted by molar-refractivity contribution is -0.119. The molecular formula is C17H21FN4O4S. The van der Waals surface area contributed by atoms with E-state index in [-0.39, 0.29) is 24.7 Å². The maximum atomic E-state index is 13.1. The Labute approximate surface area is 156 Å². The lowest BCUT2D eigenvalue weighted by Gasteiger charge is -2.13. The Morgan fingerprint density at radius 3 is 2.41 bits per heavy atom. The predicted octanol–water partition coefficient (Wildman–Crippen LogP) is 1.33.